The third-order valence-corrected chi connectivity index (χ3v) is 3.77. The molecule has 0 spiro atoms. The number of amidine groups is 1. The monoisotopic (exact) mass is 383 g/mol. The second-order valence-corrected chi connectivity index (χ2v) is 6.07. The Morgan fingerprint density at radius 3 is 2.38 bits per heavy atom. The van der Waals surface area contributed by atoms with Crippen LogP contribution in [0.15, 0.2) is 34.2 Å². The summed E-state index contributed by atoms with van der Waals surface area (Å²) in [6.45, 7) is 2.16. The predicted molar refractivity (Wildman–Crippen MR) is 98.0 cm³/mol. The Kier molecular flexibility index (Phi) is 8.35. The molecular weight excluding hydrogens is 362 g/mol. The lowest BCUT2D eigenvalue weighted by molar-refractivity contribution is -0.384. The molecule has 1 aromatic rings. The molecule has 1 rings (SSSR count). The van der Waals surface area contributed by atoms with E-state index in [1.807, 2.05) is 6.92 Å². The first-order valence-corrected chi connectivity index (χ1v) is 8.44. The molecule has 142 valence electrons. The Hall–Kier alpha value is -2.82. The van der Waals surface area contributed by atoms with E-state index in [1.54, 1.807) is 0 Å². The van der Waals surface area contributed by atoms with Crippen molar-refractivity contribution in [3.05, 3.63) is 34.4 Å². The molecule has 0 unspecified atom stereocenters. The van der Waals surface area contributed by atoms with E-state index in [9.17, 15) is 19.7 Å². The molecule has 0 bridgehead atoms. The highest BCUT2D eigenvalue weighted by Gasteiger charge is 2.21. The molecule has 0 aliphatic carbocycles. The molecule has 0 saturated carbocycles. The van der Waals surface area contributed by atoms with Gasteiger partial charge in [-0.2, -0.15) is 0 Å². The molecule has 0 atom stereocenters. The highest BCUT2D eigenvalue weighted by atomic mass is 32.2. The Labute approximate surface area is 155 Å². The van der Waals surface area contributed by atoms with Crippen molar-refractivity contribution < 1.29 is 19.2 Å². The number of nitrogens with one attached hydrogen (secondary N) is 1. The summed E-state index contributed by atoms with van der Waals surface area (Å²) in [5, 5.41) is 10.6. The largest absolute Gasteiger partial charge is 0.468 e. The molecule has 0 aliphatic heterocycles. The Morgan fingerprint density at radius 2 is 1.92 bits per heavy atom. The van der Waals surface area contributed by atoms with Crippen LogP contribution in [0, 0.1) is 10.1 Å². The van der Waals surface area contributed by atoms with Gasteiger partial charge >= 0.3 is 18.1 Å². The number of nitrogens with zero attached hydrogens (tertiary/aromatic N) is 4. The molecule has 0 heterocycles. The third kappa shape index (κ3) is 6.24. The number of aliphatic imine (C=N–C) groups is 1. The zero-order valence-electron chi connectivity index (χ0n) is 15.0. The van der Waals surface area contributed by atoms with Crippen LogP contribution in [-0.4, -0.2) is 60.6 Å². The van der Waals surface area contributed by atoms with E-state index >= 15 is 0 Å². The summed E-state index contributed by atoms with van der Waals surface area (Å²) in [5.74, 6) is 0. The molecule has 0 aliphatic rings. The number of nitro benzene ring substituents is 1. The minimum atomic E-state index is -0.557. The van der Waals surface area contributed by atoms with E-state index in [2.05, 4.69) is 9.71 Å². The van der Waals surface area contributed by atoms with Gasteiger partial charge in [0.15, 0.2) is 0 Å². The molecule has 4 amide bonds. The van der Waals surface area contributed by atoms with Gasteiger partial charge in [-0.3, -0.25) is 14.8 Å². The number of amides is 4. The van der Waals surface area contributed by atoms with E-state index in [-0.39, 0.29) is 11.7 Å². The molecular formula is C15H21N5O5S. The molecule has 0 aromatic heterocycles. The van der Waals surface area contributed by atoms with Crippen LogP contribution in [0.4, 0.5) is 15.3 Å². The number of non-ortho nitro benzene ring substituents is 1. The summed E-state index contributed by atoms with van der Waals surface area (Å²) >= 11 is 0.987. The second-order valence-electron chi connectivity index (χ2n) is 5.19. The first-order chi connectivity index (χ1) is 12.3. The molecule has 10 nitrogen and oxygen atoms in total. The number of nitro groups is 1. The lowest BCUT2D eigenvalue weighted by Gasteiger charge is -2.22. The number of carbonyl (C=O) groups excluding carboxylic acids is 2. The number of ether oxygens (including phenoxy) is 1. The highest BCUT2D eigenvalue weighted by Crippen LogP contribution is 2.19. The number of rotatable bonds is 5. The van der Waals surface area contributed by atoms with Crippen molar-refractivity contribution in [3.63, 3.8) is 0 Å². The van der Waals surface area contributed by atoms with Crippen molar-refractivity contribution in [3.8, 4) is 0 Å². The summed E-state index contributed by atoms with van der Waals surface area (Å²) in [6, 6.07) is 4.53. The van der Waals surface area contributed by atoms with Crippen LogP contribution in [-0.2, 0) is 4.74 Å². The van der Waals surface area contributed by atoms with Crippen molar-refractivity contribution in [1.29, 1.82) is 0 Å². The van der Waals surface area contributed by atoms with E-state index in [0.29, 0.717) is 17.9 Å². The third-order valence-electron chi connectivity index (χ3n) is 2.98. The highest BCUT2D eigenvalue weighted by molar-refractivity contribution is 7.98. The van der Waals surface area contributed by atoms with Gasteiger partial charge in [-0.05, 0) is 30.5 Å². The van der Waals surface area contributed by atoms with Crippen LogP contribution < -0.4 is 4.72 Å². The van der Waals surface area contributed by atoms with Crippen molar-refractivity contribution >= 4 is 35.7 Å². The minimum absolute atomic E-state index is 0.0377. The van der Waals surface area contributed by atoms with Crippen molar-refractivity contribution in [2.75, 3.05) is 27.7 Å². The van der Waals surface area contributed by atoms with Crippen LogP contribution in [0.1, 0.15) is 13.3 Å². The quantitative estimate of drug-likeness (QED) is 0.275. The number of hydrogen-bond acceptors (Lipinski definition) is 6. The normalized spacial score (nSPS) is 10.8. The summed E-state index contributed by atoms with van der Waals surface area (Å²) in [5.41, 5.74) is -0.0377. The smallest absolute Gasteiger partial charge is 0.347 e. The van der Waals surface area contributed by atoms with E-state index in [4.69, 9.17) is 4.74 Å². The van der Waals surface area contributed by atoms with Crippen LogP contribution in [0.2, 0.25) is 0 Å². The molecule has 1 N–H and O–H groups in total. The van der Waals surface area contributed by atoms with Crippen molar-refractivity contribution in [1.82, 2.24) is 14.5 Å². The molecule has 1 aromatic carbocycles. The fourth-order valence-electron chi connectivity index (χ4n) is 1.70. The number of benzene rings is 1. The van der Waals surface area contributed by atoms with Crippen LogP contribution in [0.3, 0.4) is 0 Å². The van der Waals surface area contributed by atoms with Gasteiger partial charge < -0.3 is 9.64 Å². The first-order valence-electron chi connectivity index (χ1n) is 7.62. The van der Waals surface area contributed by atoms with Gasteiger partial charge in [-0.25, -0.2) is 14.5 Å². The maximum Gasteiger partial charge on any atom is 0.347 e. The summed E-state index contributed by atoms with van der Waals surface area (Å²) in [6.07, 6.45) is 0.619. The first kappa shape index (κ1) is 21.2. The number of carbonyl (C=O) groups is 2. The van der Waals surface area contributed by atoms with Crippen LogP contribution in [0.5, 0.6) is 0 Å². The van der Waals surface area contributed by atoms with Gasteiger partial charge in [0.2, 0.25) is 0 Å². The molecule has 0 fully saturated rings. The lowest BCUT2D eigenvalue weighted by Crippen LogP contribution is -2.43. The number of methoxy groups -OCH3 is 1. The van der Waals surface area contributed by atoms with E-state index in [1.165, 1.54) is 55.3 Å². The van der Waals surface area contributed by atoms with Crippen molar-refractivity contribution in [2.45, 2.75) is 18.2 Å². The topological polar surface area (TPSA) is 117 Å². The van der Waals surface area contributed by atoms with Crippen molar-refractivity contribution in [2.24, 2.45) is 4.99 Å². The molecule has 11 heteroatoms. The molecule has 0 radical (unpaired) electrons. The van der Waals surface area contributed by atoms with Gasteiger partial charge in [0, 0.05) is 37.7 Å². The standard InChI is InChI=1S/C15H21N5O5S/c1-5-10-19(15(25-4)16-13(21)18(2)3)14(22)17-26-12-8-6-11(7-9-12)20(23)24/h6-9H,5,10H2,1-4H3,(H,17,22). The van der Waals surface area contributed by atoms with Crippen LogP contribution in [0.25, 0.3) is 0 Å². The maximum absolute atomic E-state index is 12.4. The zero-order valence-corrected chi connectivity index (χ0v) is 15.8. The fourth-order valence-corrected chi connectivity index (χ4v) is 2.29. The summed E-state index contributed by atoms with van der Waals surface area (Å²) in [7, 11) is 4.39. The van der Waals surface area contributed by atoms with Crippen LogP contribution >= 0.6 is 11.9 Å². The molecule has 0 saturated heterocycles. The molecule has 26 heavy (non-hydrogen) atoms. The summed E-state index contributed by atoms with van der Waals surface area (Å²) in [4.78, 5) is 41.2. The van der Waals surface area contributed by atoms with Gasteiger partial charge in [0.25, 0.3) is 5.69 Å². The lowest BCUT2D eigenvalue weighted by atomic mass is 10.3. The fraction of sp³-hybridized carbons (Fsp3) is 0.400. The van der Waals surface area contributed by atoms with Gasteiger partial charge in [0.05, 0.1) is 12.0 Å². The maximum atomic E-state index is 12.4. The Morgan fingerprint density at radius 1 is 1.31 bits per heavy atom. The number of hydrogen-bond donors (Lipinski definition) is 1. The van der Waals surface area contributed by atoms with Gasteiger partial charge in [-0.15, -0.1) is 4.99 Å². The summed E-state index contributed by atoms with van der Waals surface area (Å²) < 4.78 is 7.68. The second kappa shape index (κ2) is 10.2. The SMILES string of the molecule is CCCN(C(=O)NSc1ccc([N+](=O)[O-])cc1)C(=NC(=O)N(C)C)OC. The van der Waals surface area contributed by atoms with Gasteiger partial charge in [0.1, 0.15) is 0 Å². The average Bonchev–Trinajstić information content (AvgIpc) is 2.62. The number of urea groups is 2. The zero-order chi connectivity index (χ0) is 19.7. The Bertz CT molecular complexity index is 678. The minimum Gasteiger partial charge on any atom is -0.468 e. The Balaban J connectivity index is 2.84. The average molecular weight is 383 g/mol. The predicted octanol–water partition coefficient (Wildman–Crippen LogP) is 2.71. The van der Waals surface area contributed by atoms with E-state index in [0.717, 1.165) is 11.9 Å². The van der Waals surface area contributed by atoms with E-state index < -0.39 is 17.0 Å². The van der Waals surface area contributed by atoms with Gasteiger partial charge in [-0.1, -0.05) is 6.92 Å².